The van der Waals surface area contributed by atoms with Crippen LogP contribution in [0.4, 0.5) is 5.69 Å². The molecule has 0 heterocycles. The molecular weight excluding hydrogens is 320 g/mol. The standard InChI is InChI=1S/C15H15BrN2O2/c1-15(14(17)20,10-5-7-13(19)8-6-10)18-12-4-2-3-11(16)9-12/h2-9,18-19H,1H3,(H2,17,20). The molecule has 5 heteroatoms. The van der Waals surface area contributed by atoms with Gasteiger partial charge >= 0.3 is 0 Å². The molecule has 0 fully saturated rings. The Kier molecular flexibility index (Phi) is 3.99. The number of carbonyl (C=O) groups is 1. The minimum atomic E-state index is -1.06. The molecule has 104 valence electrons. The summed E-state index contributed by atoms with van der Waals surface area (Å²) in [5.41, 5.74) is 5.95. The van der Waals surface area contributed by atoms with E-state index in [1.54, 1.807) is 19.1 Å². The van der Waals surface area contributed by atoms with Gasteiger partial charge in [0.2, 0.25) is 5.91 Å². The Morgan fingerprint density at radius 1 is 1.25 bits per heavy atom. The van der Waals surface area contributed by atoms with Crippen LogP contribution in [-0.2, 0) is 10.3 Å². The van der Waals surface area contributed by atoms with Crippen molar-refractivity contribution in [2.24, 2.45) is 5.73 Å². The van der Waals surface area contributed by atoms with Crippen molar-refractivity contribution in [2.45, 2.75) is 12.5 Å². The average molecular weight is 335 g/mol. The predicted molar refractivity (Wildman–Crippen MR) is 82.4 cm³/mol. The molecule has 0 aliphatic carbocycles. The SMILES string of the molecule is CC(Nc1cccc(Br)c1)(C(N)=O)c1ccc(O)cc1. The summed E-state index contributed by atoms with van der Waals surface area (Å²) in [5.74, 6) is -0.355. The van der Waals surface area contributed by atoms with Crippen LogP contribution in [0.2, 0.25) is 0 Å². The molecule has 2 rings (SSSR count). The molecule has 0 saturated heterocycles. The maximum Gasteiger partial charge on any atom is 0.247 e. The zero-order valence-corrected chi connectivity index (χ0v) is 12.5. The number of rotatable bonds is 4. The highest BCUT2D eigenvalue weighted by molar-refractivity contribution is 9.10. The molecule has 1 amide bonds. The topological polar surface area (TPSA) is 75.3 Å². The largest absolute Gasteiger partial charge is 0.508 e. The summed E-state index contributed by atoms with van der Waals surface area (Å²) in [6.07, 6.45) is 0. The molecule has 4 N–H and O–H groups in total. The Bertz CT molecular complexity index is 628. The molecule has 0 bridgehead atoms. The Labute approximate surface area is 125 Å². The zero-order chi connectivity index (χ0) is 14.8. The van der Waals surface area contributed by atoms with Crippen LogP contribution in [0, 0.1) is 0 Å². The minimum absolute atomic E-state index is 0.142. The normalized spacial score (nSPS) is 13.5. The number of anilines is 1. The Balaban J connectivity index is 2.39. The Morgan fingerprint density at radius 2 is 1.90 bits per heavy atom. The summed E-state index contributed by atoms with van der Waals surface area (Å²) in [6.45, 7) is 1.71. The van der Waals surface area contributed by atoms with E-state index in [1.165, 1.54) is 12.1 Å². The van der Waals surface area contributed by atoms with Crippen LogP contribution in [0.3, 0.4) is 0 Å². The van der Waals surface area contributed by atoms with Gasteiger partial charge in [0.05, 0.1) is 0 Å². The van der Waals surface area contributed by atoms with Gasteiger partial charge in [-0.3, -0.25) is 4.79 Å². The van der Waals surface area contributed by atoms with Crippen molar-refractivity contribution in [2.75, 3.05) is 5.32 Å². The first-order valence-corrected chi connectivity index (χ1v) is 6.84. The van der Waals surface area contributed by atoms with Crippen LogP contribution >= 0.6 is 15.9 Å². The quantitative estimate of drug-likeness (QED) is 0.804. The highest BCUT2D eigenvalue weighted by atomic mass is 79.9. The van der Waals surface area contributed by atoms with Gasteiger partial charge in [0.1, 0.15) is 11.3 Å². The minimum Gasteiger partial charge on any atom is -0.508 e. The van der Waals surface area contributed by atoms with Crippen LogP contribution < -0.4 is 11.1 Å². The van der Waals surface area contributed by atoms with E-state index in [-0.39, 0.29) is 5.75 Å². The van der Waals surface area contributed by atoms with Gasteiger partial charge in [0.25, 0.3) is 0 Å². The van der Waals surface area contributed by atoms with E-state index in [2.05, 4.69) is 21.2 Å². The molecule has 2 aromatic rings. The van der Waals surface area contributed by atoms with Gasteiger partial charge in [-0.05, 0) is 42.8 Å². The van der Waals surface area contributed by atoms with E-state index in [0.29, 0.717) is 5.56 Å². The number of phenols is 1. The number of hydrogen-bond donors (Lipinski definition) is 3. The summed E-state index contributed by atoms with van der Waals surface area (Å²) in [5, 5.41) is 12.5. The third kappa shape index (κ3) is 2.93. The lowest BCUT2D eigenvalue weighted by molar-refractivity contribution is -0.122. The van der Waals surface area contributed by atoms with Gasteiger partial charge in [0, 0.05) is 10.2 Å². The summed E-state index contributed by atoms with van der Waals surface area (Å²) < 4.78 is 0.903. The highest BCUT2D eigenvalue weighted by Crippen LogP contribution is 2.28. The number of amides is 1. The summed E-state index contributed by atoms with van der Waals surface area (Å²) in [4.78, 5) is 11.9. The highest BCUT2D eigenvalue weighted by Gasteiger charge is 2.33. The number of phenolic OH excluding ortho intramolecular Hbond substituents is 1. The second kappa shape index (κ2) is 5.54. The van der Waals surface area contributed by atoms with E-state index in [1.807, 2.05) is 24.3 Å². The monoisotopic (exact) mass is 334 g/mol. The van der Waals surface area contributed by atoms with E-state index in [0.717, 1.165) is 10.2 Å². The lowest BCUT2D eigenvalue weighted by Crippen LogP contribution is -2.45. The molecule has 0 spiro atoms. The molecule has 2 aromatic carbocycles. The number of primary amides is 1. The lowest BCUT2D eigenvalue weighted by atomic mass is 9.90. The van der Waals surface area contributed by atoms with E-state index >= 15 is 0 Å². The van der Waals surface area contributed by atoms with Gasteiger partial charge in [-0.15, -0.1) is 0 Å². The first-order valence-electron chi connectivity index (χ1n) is 6.05. The maximum absolute atomic E-state index is 11.9. The molecule has 0 radical (unpaired) electrons. The maximum atomic E-state index is 11.9. The first-order chi connectivity index (χ1) is 9.41. The predicted octanol–water partition coefficient (Wildman–Crippen LogP) is 2.97. The first kappa shape index (κ1) is 14.4. The van der Waals surface area contributed by atoms with Crippen LogP contribution in [0.5, 0.6) is 5.75 Å². The van der Waals surface area contributed by atoms with Crippen molar-refractivity contribution in [3.05, 3.63) is 58.6 Å². The molecule has 0 aliphatic heterocycles. The fourth-order valence-corrected chi connectivity index (χ4v) is 2.32. The van der Waals surface area contributed by atoms with E-state index < -0.39 is 11.4 Å². The molecule has 0 aliphatic rings. The molecule has 4 nitrogen and oxygen atoms in total. The van der Waals surface area contributed by atoms with E-state index in [4.69, 9.17) is 5.73 Å². The lowest BCUT2D eigenvalue weighted by Gasteiger charge is -2.29. The van der Waals surface area contributed by atoms with E-state index in [9.17, 15) is 9.90 Å². The number of hydrogen-bond acceptors (Lipinski definition) is 3. The third-order valence-corrected chi connectivity index (χ3v) is 3.65. The number of benzene rings is 2. The van der Waals surface area contributed by atoms with Crippen LogP contribution in [0.25, 0.3) is 0 Å². The summed E-state index contributed by atoms with van der Waals surface area (Å²) in [7, 11) is 0. The zero-order valence-electron chi connectivity index (χ0n) is 10.9. The van der Waals surface area contributed by atoms with Crippen molar-refractivity contribution in [1.29, 1.82) is 0 Å². The van der Waals surface area contributed by atoms with Crippen molar-refractivity contribution < 1.29 is 9.90 Å². The van der Waals surface area contributed by atoms with Crippen molar-refractivity contribution >= 4 is 27.5 Å². The number of halogens is 1. The number of aromatic hydroxyl groups is 1. The van der Waals surface area contributed by atoms with Gasteiger partial charge in [-0.2, -0.15) is 0 Å². The molecule has 0 aromatic heterocycles. The molecular formula is C15H15BrN2O2. The van der Waals surface area contributed by atoms with Gasteiger partial charge in [-0.1, -0.05) is 34.1 Å². The summed E-state index contributed by atoms with van der Waals surface area (Å²) in [6, 6.07) is 13.9. The average Bonchev–Trinajstić information content (AvgIpc) is 2.39. The van der Waals surface area contributed by atoms with Gasteiger partial charge < -0.3 is 16.2 Å². The molecule has 1 unspecified atom stereocenters. The number of nitrogens with two attached hydrogens (primary N) is 1. The molecule has 0 saturated carbocycles. The second-order valence-corrected chi connectivity index (χ2v) is 5.59. The van der Waals surface area contributed by atoms with Crippen molar-refractivity contribution in [1.82, 2.24) is 0 Å². The number of nitrogens with one attached hydrogen (secondary N) is 1. The Hall–Kier alpha value is -2.01. The molecule has 1 atom stereocenters. The fourth-order valence-electron chi connectivity index (χ4n) is 1.93. The van der Waals surface area contributed by atoms with Crippen molar-refractivity contribution in [3.8, 4) is 5.75 Å². The smallest absolute Gasteiger partial charge is 0.247 e. The fraction of sp³-hybridized carbons (Fsp3) is 0.133. The second-order valence-electron chi connectivity index (χ2n) is 4.67. The van der Waals surface area contributed by atoms with Crippen LogP contribution in [0.1, 0.15) is 12.5 Å². The van der Waals surface area contributed by atoms with Gasteiger partial charge in [-0.25, -0.2) is 0 Å². The Morgan fingerprint density at radius 3 is 2.45 bits per heavy atom. The van der Waals surface area contributed by atoms with Crippen molar-refractivity contribution in [3.63, 3.8) is 0 Å². The third-order valence-electron chi connectivity index (χ3n) is 3.16. The van der Waals surface area contributed by atoms with Crippen LogP contribution in [-0.4, -0.2) is 11.0 Å². The van der Waals surface area contributed by atoms with Gasteiger partial charge in [0.15, 0.2) is 0 Å². The molecule has 20 heavy (non-hydrogen) atoms. The number of carbonyl (C=O) groups excluding carboxylic acids is 1. The van der Waals surface area contributed by atoms with Crippen LogP contribution in [0.15, 0.2) is 53.0 Å². The summed E-state index contributed by atoms with van der Waals surface area (Å²) >= 11 is 3.38.